The highest BCUT2D eigenvalue weighted by atomic mass is 32.2. The number of aliphatic hydroxyl groups excluding tert-OH is 1. The predicted octanol–water partition coefficient (Wildman–Crippen LogP) is 2.28. The Labute approximate surface area is 117 Å². The summed E-state index contributed by atoms with van der Waals surface area (Å²) in [6.45, 7) is 2.35. The highest BCUT2D eigenvalue weighted by Gasteiger charge is 2.32. The molecule has 1 heterocycles. The van der Waals surface area contributed by atoms with Crippen LogP contribution in [-0.2, 0) is 9.53 Å². The molecule has 18 heavy (non-hydrogen) atoms. The van der Waals surface area contributed by atoms with Crippen molar-refractivity contribution < 1.29 is 14.6 Å². The molecule has 0 radical (unpaired) electrons. The Morgan fingerprint density at radius 1 is 1.39 bits per heavy atom. The number of hydrogen-bond donors (Lipinski definition) is 1. The molecule has 1 fully saturated rings. The molecule has 5 heteroatoms. The van der Waals surface area contributed by atoms with Crippen LogP contribution in [0.4, 0.5) is 0 Å². The number of esters is 1. The Kier molecular flexibility index (Phi) is 7.64. The number of rotatable bonds is 5. The average Bonchev–Trinajstić information content (AvgIpc) is 2.37. The third kappa shape index (κ3) is 5.55. The van der Waals surface area contributed by atoms with Gasteiger partial charge in [-0.1, -0.05) is 5.92 Å². The molecule has 0 amide bonds. The summed E-state index contributed by atoms with van der Waals surface area (Å²) in [4.78, 5) is 11.1. The van der Waals surface area contributed by atoms with Crippen molar-refractivity contribution in [2.75, 3.05) is 24.7 Å². The monoisotopic (exact) mass is 288 g/mol. The minimum atomic E-state index is -0.447. The summed E-state index contributed by atoms with van der Waals surface area (Å²) >= 11 is 3.85. The van der Waals surface area contributed by atoms with Crippen molar-refractivity contribution in [2.45, 2.75) is 36.7 Å². The van der Waals surface area contributed by atoms with Gasteiger partial charge in [-0.05, 0) is 37.7 Å². The lowest BCUT2D eigenvalue weighted by Crippen LogP contribution is -2.26. The van der Waals surface area contributed by atoms with Crippen LogP contribution >= 0.6 is 23.5 Å². The molecule has 102 valence electrons. The molecule has 0 atom stereocenters. The van der Waals surface area contributed by atoms with E-state index in [1.807, 2.05) is 23.5 Å². The van der Waals surface area contributed by atoms with Gasteiger partial charge in [-0.3, -0.25) is 0 Å². The Bertz CT molecular complexity index is 308. The van der Waals surface area contributed by atoms with Crippen molar-refractivity contribution in [1.29, 1.82) is 0 Å². The molecule has 0 aromatic rings. The molecule has 0 aromatic carbocycles. The molecule has 0 aromatic heterocycles. The molecular weight excluding hydrogens is 268 g/mol. The molecule has 1 aliphatic rings. The van der Waals surface area contributed by atoms with Gasteiger partial charge in [0, 0.05) is 18.9 Å². The fraction of sp³-hybridized carbons (Fsp3) is 0.769. The third-order valence-electron chi connectivity index (χ3n) is 2.61. The van der Waals surface area contributed by atoms with Gasteiger partial charge in [0.2, 0.25) is 0 Å². The number of carbonyl (C=O) groups excluding carboxylic acids is 1. The normalized spacial score (nSPS) is 17.7. The second kappa shape index (κ2) is 8.73. The summed E-state index contributed by atoms with van der Waals surface area (Å²) in [5.74, 6) is 7.21. The van der Waals surface area contributed by atoms with E-state index >= 15 is 0 Å². The lowest BCUT2D eigenvalue weighted by molar-refractivity contribution is -0.136. The van der Waals surface area contributed by atoms with Crippen LogP contribution in [-0.4, -0.2) is 39.9 Å². The van der Waals surface area contributed by atoms with E-state index < -0.39 is 5.97 Å². The van der Waals surface area contributed by atoms with E-state index in [1.54, 1.807) is 6.92 Å². The van der Waals surface area contributed by atoms with Crippen molar-refractivity contribution in [3.63, 3.8) is 0 Å². The first-order valence-electron chi connectivity index (χ1n) is 6.27. The van der Waals surface area contributed by atoms with Gasteiger partial charge < -0.3 is 9.84 Å². The van der Waals surface area contributed by atoms with Crippen LogP contribution in [0, 0.1) is 11.8 Å². The van der Waals surface area contributed by atoms with E-state index in [1.165, 1.54) is 6.42 Å². The molecule has 0 aliphatic carbocycles. The van der Waals surface area contributed by atoms with Crippen molar-refractivity contribution in [3.8, 4) is 11.8 Å². The molecular formula is C13H20O3S2. The van der Waals surface area contributed by atoms with E-state index in [4.69, 9.17) is 9.84 Å². The van der Waals surface area contributed by atoms with Gasteiger partial charge in [0.15, 0.2) is 0 Å². The first-order chi connectivity index (χ1) is 8.72. The average molecular weight is 288 g/mol. The number of ether oxygens (including phenoxy) is 1. The highest BCUT2D eigenvalue weighted by molar-refractivity contribution is 8.18. The number of thioether (sulfide) groups is 2. The van der Waals surface area contributed by atoms with Crippen LogP contribution in [0.15, 0.2) is 0 Å². The summed E-state index contributed by atoms with van der Waals surface area (Å²) < 4.78 is 4.84. The Balaban J connectivity index is 2.40. The topological polar surface area (TPSA) is 46.5 Å². The maximum absolute atomic E-state index is 11.1. The molecule has 1 saturated heterocycles. The lowest BCUT2D eigenvalue weighted by atomic mass is 10.2. The molecule has 0 unspecified atom stereocenters. The zero-order valence-corrected chi connectivity index (χ0v) is 12.4. The summed E-state index contributed by atoms with van der Waals surface area (Å²) in [5, 5.41) is 9.16. The largest absolute Gasteiger partial charge is 0.456 e. The van der Waals surface area contributed by atoms with Gasteiger partial charge in [0.25, 0.3) is 0 Å². The Hall–Kier alpha value is -0.310. The van der Waals surface area contributed by atoms with Crippen molar-refractivity contribution in [3.05, 3.63) is 0 Å². The maximum atomic E-state index is 11.1. The lowest BCUT2D eigenvalue weighted by Gasteiger charge is -2.35. The van der Waals surface area contributed by atoms with Gasteiger partial charge in [-0.2, -0.15) is 0 Å². The fourth-order valence-corrected chi connectivity index (χ4v) is 5.06. The Morgan fingerprint density at radius 2 is 2.11 bits per heavy atom. The van der Waals surface area contributed by atoms with Crippen LogP contribution in [0.2, 0.25) is 0 Å². The van der Waals surface area contributed by atoms with Gasteiger partial charge in [0.1, 0.15) is 0 Å². The van der Waals surface area contributed by atoms with Crippen LogP contribution in [0.25, 0.3) is 0 Å². The number of hydrogen-bond acceptors (Lipinski definition) is 5. The summed E-state index contributed by atoms with van der Waals surface area (Å²) in [7, 11) is 0. The van der Waals surface area contributed by atoms with Crippen molar-refractivity contribution in [1.82, 2.24) is 0 Å². The SMILES string of the molecule is CCOC(=O)C#CCCC1(CCO)SCCCS1. The molecule has 0 spiro atoms. The molecule has 1 N–H and O–H groups in total. The van der Waals surface area contributed by atoms with Gasteiger partial charge in [-0.25, -0.2) is 4.79 Å². The van der Waals surface area contributed by atoms with Crippen LogP contribution in [0.5, 0.6) is 0 Å². The Morgan fingerprint density at radius 3 is 2.72 bits per heavy atom. The van der Waals surface area contributed by atoms with E-state index in [9.17, 15) is 4.79 Å². The molecule has 0 saturated carbocycles. The maximum Gasteiger partial charge on any atom is 0.384 e. The van der Waals surface area contributed by atoms with E-state index in [-0.39, 0.29) is 10.7 Å². The second-order valence-electron chi connectivity index (χ2n) is 3.96. The zero-order valence-electron chi connectivity index (χ0n) is 10.7. The minimum absolute atomic E-state index is 0.0936. The molecule has 1 aliphatic heterocycles. The number of carbonyl (C=O) groups is 1. The van der Waals surface area contributed by atoms with Crippen LogP contribution in [0.1, 0.15) is 32.6 Å². The van der Waals surface area contributed by atoms with Crippen LogP contribution < -0.4 is 0 Å². The highest BCUT2D eigenvalue weighted by Crippen LogP contribution is 2.47. The van der Waals surface area contributed by atoms with E-state index in [0.717, 1.165) is 24.3 Å². The smallest absolute Gasteiger partial charge is 0.384 e. The third-order valence-corrected chi connectivity index (χ3v) is 6.17. The van der Waals surface area contributed by atoms with Gasteiger partial charge in [-0.15, -0.1) is 23.5 Å². The molecule has 3 nitrogen and oxygen atoms in total. The van der Waals surface area contributed by atoms with Crippen LogP contribution in [0.3, 0.4) is 0 Å². The second-order valence-corrected chi connectivity index (χ2v) is 7.17. The predicted molar refractivity (Wildman–Crippen MR) is 77.6 cm³/mol. The first kappa shape index (κ1) is 15.7. The van der Waals surface area contributed by atoms with Crippen molar-refractivity contribution >= 4 is 29.5 Å². The van der Waals surface area contributed by atoms with Gasteiger partial charge in [0.05, 0.1) is 10.7 Å². The fourth-order valence-electron chi connectivity index (χ4n) is 1.76. The number of aliphatic hydroxyl groups is 1. The summed E-state index contributed by atoms with van der Waals surface area (Å²) in [6, 6.07) is 0. The standard InChI is InChI=1S/C13H20O3S2/c1-2-16-12(15)6-3-4-7-13(8-9-14)17-10-5-11-18-13/h14H,2,4-5,7-11H2,1H3. The zero-order chi connectivity index (χ0) is 13.3. The van der Waals surface area contributed by atoms with E-state index in [2.05, 4.69) is 11.8 Å². The minimum Gasteiger partial charge on any atom is -0.456 e. The van der Waals surface area contributed by atoms with Gasteiger partial charge >= 0.3 is 5.97 Å². The molecule has 0 bridgehead atoms. The van der Waals surface area contributed by atoms with E-state index in [0.29, 0.717) is 13.0 Å². The summed E-state index contributed by atoms with van der Waals surface area (Å²) in [5.41, 5.74) is 0. The summed E-state index contributed by atoms with van der Waals surface area (Å²) in [6.07, 6.45) is 3.62. The first-order valence-corrected chi connectivity index (χ1v) is 8.24. The quantitative estimate of drug-likeness (QED) is 0.478. The molecule has 1 rings (SSSR count). The van der Waals surface area contributed by atoms with Crippen molar-refractivity contribution in [2.24, 2.45) is 0 Å².